The van der Waals surface area contributed by atoms with E-state index in [1.54, 1.807) is 0 Å². The van der Waals surface area contributed by atoms with Gasteiger partial charge in [0.15, 0.2) is 0 Å². The van der Waals surface area contributed by atoms with Gasteiger partial charge in [0.2, 0.25) is 0 Å². The summed E-state index contributed by atoms with van der Waals surface area (Å²) in [6.07, 6.45) is 1.88. The fourth-order valence-electron chi connectivity index (χ4n) is 3.51. The predicted octanol–water partition coefficient (Wildman–Crippen LogP) is 4.48. The Morgan fingerprint density at radius 1 is 1.04 bits per heavy atom. The van der Waals surface area contributed by atoms with E-state index in [0.29, 0.717) is 0 Å². The van der Waals surface area contributed by atoms with Crippen molar-refractivity contribution < 1.29 is 0 Å². The molecule has 0 atom stereocenters. The summed E-state index contributed by atoms with van der Waals surface area (Å²) in [6.45, 7) is 5.50. The van der Waals surface area contributed by atoms with Gasteiger partial charge in [-0.1, -0.05) is 32.0 Å². The lowest BCUT2D eigenvalue weighted by Crippen LogP contribution is -2.18. The molecule has 5 rings (SSSR count). The van der Waals surface area contributed by atoms with E-state index in [4.69, 9.17) is 4.98 Å². The molecule has 118 valence electrons. The Morgan fingerprint density at radius 3 is 2.83 bits per heavy atom. The molecule has 24 heavy (non-hydrogen) atoms. The van der Waals surface area contributed by atoms with Gasteiger partial charge in [-0.2, -0.15) is 0 Å². The van der Waals surface area contributed by atoms with Crippen LogP contribution in [0.1, 0.15) is 19.4 Å². The first kappa shape index (κ1) is 13.5. The van der Waals surface area contributed by atoms with Crippen molar-refractivity contribution in [1.82, 2.24) is 15.0 Å². The first-order chi connectivity index (χ1) is 11.6. The summed E-state index contributed by atoms with van der Waals surface area (Å²) >= 11 is 0. The molecule has 0 bridgehead atoms. The maximum atomic E-state index is 4.78. The van der Waals surface area contributed by atoms with Crippen LogP contribution < -0.4 is 5.32 Å². The van der Waals surface area contributed by atoms with Gasteiger partial charge in [-0.05, 0) is 29.8 Å². The summed E-state index contributed by atoms with van der Waals surface area (Å²) < 4.78 is 0. The normalized spacial score (nSPS) is 15.6. The van der Waals surface area contributed by atoms with E-state index in [1.807, 2.05) is 24.4 Å². The second-order valence-corrected chi connectivity index (χ2v) is 7.15. The number of hydrogen-bond acceptors (Lipinski definition) is 3. The average molecular weight is 314 g/mol. The SMILES string of the molecule is CC1(C)CNc2cc3nc(-c4cnc5ccccc5c4)[nH]c3cc21. The van der Waals surface area contributed by atoms with Crippen LogP contribution in [0.4, 0.5) is 5.69 Å². The number of benzene rings is 2. The molecule has 0 aliphatic carbocycles. The summed E-state index contributed by atoms with van der Waals surface area (Å²) in [6, 6.07) is 14.7. The van der Waals surface area contributed by atoms with Crippen molar-refractivity contribution >= 4 is 27.6 Å². The number of rotatable bonds is 1. The third kappa shape index (κ3) is 1.92. The fourth-order valence-corrected chi connectivity index (χ4v) is 3.51. The molecule has 0 saturated carbocycles. The van der Waals surface area contributed by atoms with Crippen LogP contribution in [0.5, 0.6) is 0 Å². The monoisotopic (exact) mass is 314 g/mol. The molecule has 4 nitrogen and oxygen atoms in total. The van der Waals surface area contributed by atoms with Crippen molar-refractivity contribution in [2.24, 2.45) is 0 Å². The third-order valence-electron chi connectivity index (χ3n) is 4.94. The van der Waals surface area contributed by atoms with Crippen molar-refractivity contribution in [2.75, 3.05) is 11.9 Å². The highest BCUT2D eigenvalue weighted by Crippen LogP contribution is 2.38. The largest absolute Gasteiger partial charge is 0.384 e. The number of aromatic amines is 1. The molecule has 0 amide bonds. The zero-order valence-electron chi connectivity index (χ0n) is 13.7. The zero-order chi connectivity index (χ0) is 16.3. The summed E-state index contributed by atoms with van der Waals surface area (Å²) in [5, 5.41) is 4.62. The topological polar surface area (TPSA) is 53.6 Å². The highest BCUT2D eigenvalue weighted by atomic mass is 15.0. The van der Waals surface area contributed by atoms with E-state index < -0.39 is 0 Å². The molecule has 0 fully saturated rings. The number of hydrogen-bond donors (Lipinski definition) is 2. The molecular formula is C20H18N4. The van der Waals surface area contributed by atoms with Crippen LogP contribution in [0.15, 0.2) is 48.7 Å². The van der Waals surface area contributed by atoms with Crippen molar-refractivity contribution in [1.29, 1.82) is 0 Å². The Morgan fingerprint density at radius 2 is 1.92 bits per heavy atom. The third-order valence-corrected chi connectivity index (χ3v) is 4.94. The molecule has 0 spiro atoms. The van der Waals surface area contributed by atoms with Gasteiger partial charge in [0, 0.05) is 34.8 Å². The summed E-state index contributed by atoms with van der Waals surface area (Å²) in [4.78, 5) is 12.8. The second kappa shape index (κ2) is 4.57. The molecule has 1 aliphatic rings. The standard InChI is InChI=1S/C20H18N4/c1-20(2)11-22-16-9-18-17(8-14(16)20)23-19(24-18)13-7-12-5-3-4-6-15(12)21-10-13/h3-10,22H,11H2,1-2H3,(H,23,24). The molecular weight excluding hydrogens is 296 g/mol. The number of nitrogens with zero attached hydrogens (tertiary/aromatic N) is 2. The van der Waals surface area contributed by atoms with E-state index >= 15 is 0 Å². The average Bonchev–Trinajstić information content (AvgIpc) is 3.13. The molecule has 1 aliphatic heterocycles. The van der Waals surface area contributed by atoms with Gasteiger partial charge in [0.1, 0.15) is 5.82 Å². The number of para-hydroxylation sites is 1. The Kier molecular flexibility index (Phi) is 2.58. The quantitative estimate of drug-likeness (QED) is 0.544. The zero-order valence-corrected chi connectivity index (χ0v) is 13.7. The number of imidazole rings is 1. The van der Waals surface area contributed by atoms with Crippen molar-refractivity contribution in [2.45, 2.75) is 19.3 Å². The van der Waals surface area contributed by atoms with Gasteiger partial charge in [-0.25, -0.2) is 4.98 Å². The van der Waals surface area contributed by atoms with Crippen LogP contribution >= 0.6 is 0 Å². The first-order valence-electron chi connectivity index (χ1n) is 8.23. The van der Waals surface area contributed by atoms with Gasteiger partial charge in [-0.15, -0.1) is 0 Å². The predicted molar refractivity (Wildman–Crippen MR) is 98.3 cm³/mol. The maximum Gasteiger partial charge on any atom is 0.140 e. The van der Waals surface area contributed by atoms with Crippen LogP contribution in [0.3, 0.4) is 0 Å². The van der Waals surface area contributed by atoms with Gasteiger partial charge in [0.25, 0.3) is 0 Å². The second-order valence-electron chi connectivity index (χ2n) is 7.15. The summed E-state index contributed by atoms with van der Waals surface area (Å²) in [7, 11) is 0. The van der Waals surface area contributed by atoms with E-state index in [1.165, 1.54) is 11.3 Å². The molecule has 2 aromatic carbocycles. The van der Waals surface area contributed by atoms with Crippen LogP contribution in [-0.2, 0) is 5.41 Å². The molecule has 2 aromatic heterocycles. The first-order valence-corrected chi connectivity index (χ1v) is 8.23. The highest BCUT2D eigenvalue weighted by molar-refractivity contribution is 5.87. The number of H-pyrrole nitrogens is 1. The molecule has 0 unspecified atom stereocenters. The number of aromatic nitrogens is 3. The Labute approximate surface area is 140 Å². The fraction of sp³-hybridized carbons (Fsp3) is 0.200. The van der Waals surface area contributed by atoms with E-state index in [0.717, 1.165) is 39.9 Å². The maximum absolute atomic E-state index is 4.78. The lowest BCUT2D eigenvalue weighted by molar-refractivity contribution is 0.586. The van der Waals surface area contributed by atoms with E-state index in [-0.39, 0.29) is 5.41 Å². The Hall–Kier alpha value is -2.88. The van der Waals surface area contributed by atoms with Crippen LogP contribution in [0.25, 0.3) is 33.3 Å². The van der Waals surface area contributed by atoms with Gasteiger partial charge >= 0.3 is 0 Å². The molecule has 4 heteroatoms. The van der Waals surface area contributed by atoms with Gasteiger partial charge in [0.05, 0.1) is 16.6 Å². The Balaban J connectivity index is 1.67. The number of nitrogens with one attached hydrogen (secondary N) is 2. The molecule has 4 aromatic rings. The van der Waals surface area contributed by atoms with Gasteiger partial charge in [-0.3, -0.25) is 4.98 Å². The molecule has 3 heterocycles. The lowest BCUT2D eigenvalue weighted by Gasteiger charge is -2.16. The van der Waals surface area contributed by atoms with Crippen molar-refractivity contribution in [3.63, 3.8) is 0 Å². The Bertz CT molecular complexity index is 1090. The molecule has 0 radical (unpaired) electrons. The van der Waals surface area contributed by atoms with Crippen molar-refractivity contribution in [3.8, 4) is 11.4 Å². The van der Waals surface area contributed by atoms with Crippen LogP contribution in [-0.4, -0.2) is 21.5 Å². The minimum atomic E-state index is 0.152. The highest BCUT2D eigenvalue weighted by Gasteiger charge is 2.30. The lowest BCUT2D eigenvalue weighted by atomic mass is 9.87. The van der Waals surface area contributed by atoms with Crippen LogP contribution in [0, 0.1) is 0 Å². The van der Waals surface area contributed by atoms with E-state index in [2.05, 4.69) is 53.4 Å². The van der Waals surface area contributed by atoms with Crippen LogP contribution in [0.2, 0.25) is 0 Å². The van der Waals surface area contributed by atoms with E-state index in [9.17, 15) is 0 Å². The number of anilines is 1. The number of fused-ring (bicyclic) bond motifs is 3. The smallest absolute Gasteiger partial charge is 0.140 e. The van der Waals surface area contributed by atoms with Crippen molar-refractivity contribution in [3.05, 3.63) is 54.2 Å². The number of pyridine rings is 1. The molecule has 2 N–H and O–H groups in total. The minimum absolute atomic E-state index is 0.152. The summed E-state index contributed by atoms with van der Waals surface area (Å²) in [5.74, 6) is 0.865. The van der Waals surface area contributed by atoms with Gasteiger partial charge < -0.3 is 10.3 Å². The summed E-state index contributed by atoms with van der Waals surface area (Å²) in [5.41, 5.74) is 6.78. The molecule has 0 saturated heterocycles. The minimum Gasteiger partial charge on any atom is -0.384 e.